The normalized spacial score (nSPS) is 16.8. The summed E-state index contributed by atoms with van der Waals surface area (Å²) in [6.07, 6.45) is 10.4. The van der Waals surface area contributed by atoms with Crippen molar-refractivity contribution >= 4 is 51.6 Å². The highest BCUT2D eigenvalue weighted by Gasteiger charge is 2.23. The van der Waals surface area contributed by atoms with Crippen molar-refractivity contribution in [3.8, 4) is 0 Å². The average molecular weight is 538 g/mol. The summed E-state index contributed by atoms with van der Waals surface area (Å²) >= 11 is 6.13. The van der Waals surface area contributed by atoms with Crippen LogP contribution >= 0.6 is 11.6 Å². The predicted molar refractivity (Wildman–Crippen MR) is 149 cm³/mol. The van der Waals surface area contributed by atoms with Crippen LogP contribution in [0.3, 0.4) is 0 Å². The molecule has 0 spiro atoms. The summed E-state index contributed by atoms with van der Waals surface area (Å²) in [5.74, 6) is -3.04. The molecular weight excluding hydrogens is 506 g/mol. The molecule has 3 aromatic rings. The van der Waals surface area contributed by atoms with Crippen molar-refractivity contribution < 1.29 is 24.6 Å². The van der Waals surface area contributed by atoms with Gasteiger partial charge in [0.05, 0.1) is 0 Å². The van der Waals surface area contributed by atoms with E-state index in [1.54, 1.807) is 6.92 Å². The molecule has 200 valence electrons. The second-order valence-corrected chi connectivity index (χ2v) is 10.2. The molecule has 9 heteroatoms. The Morgan fingerprint density at radius 3 is 2.58 bits per heavy atom. The number of halogens is 1. The first-order chi connectivity index (χ1) is 18.2. The number of carbonyl (C=O) groups excluding carboxylic acids is 1. The molecule has 1 aromatic heterocycles. The largest absolute Gasteiger partial charge is 0.473 e. The van der Waals surface area contributed by atoms with Crippen molar-refractivity contribution in [2.75, 3.05) is 25.0 Å². The smallest absolute Gasteiger partial charge is 0.414 e. The third kappa shape index (κ3) is 6.82. The van der Waals surface area contributed by atoms with Gasteiger partial charge in [-0.25, -0.2) is 9.59 Å². The minimum Gasteiger partial charge on any atom is -0.473 e. The van der Waals surface area contributed by atoms with E-state index in [-0.39, 0.29) is 5.91 Å². The quantitative estimate of drug-likeness (QED) is 0.306. The summed E-state index contributed by atoms with van der Waals surface area (Å²) in [4.78, 5) is 35.5. The summed E-state index contributed by atoms with van der Waals surface area (Å²) in [6, 6.07) is 12.5. The Balaban J connectivity index is 0.000000505. The van der Waals surface area contributed by atoms with Gasteiger partial charge in [-0.1, -0.05) is 29.8 Å². The van der Waals surface area contributed by atoms with E-state index >= 15 is 0 Å². The number of hydrogen-bond donors (Lipinski definition) is 4. The van der Waals surface area contributed by atoms with Gasteiger partial charge in [0, 0.05) is 53.4 Å². The van der Waals surface area contributed by atoms with Crippen LogP contribution in [0.5, 0.6) is 0 Å². The predicted octanol–water partition coefficient (Wildman–Crippen LogP) is 5.53. The number of hydrogen-bond acceptors (Lipinski definition) is 4. The minimum atomic E-state index is -1.82. The van der Waals surface area contributed by atoms with Crippen molar-refractivity contribution in [2.24, 2.45) is 0 Å². The standard InChI is InChI=1S/C27H30ClN3O.C2H2O4/c1-18(32)30-23-8-6-20-5-4-19(25(20)16-23)3-2-12-31-13-10-21(11-14-31)26-17-29-27-15-22(28)7-9-24(26)27;3-1(4)2(5)6/h6-10,15-17,19,29H,2-5,11-14H2,1H3,(H,30,32);(H,3,4)(H,5,6). The maximum atomic E-state index is 11.4. The maximum absolute atomic E-state index is 11.4. The second-order valence-electron chi connectivity index (χ2n) is 9.76. The van der Waals surface area contributed by atoms with Crippen LogP contribution in [0, 0.1) is 0 Å². The van der Waals surface area contributed by atoms with Crippen LogP contribution in [-0.4, -0.2) is 57.6 Å². The molecule has 38 heavy (non-hydrogen) atoms. The third-order valence-electron chi connectivity index (χ3n) is 7.16. The Morgan fingerprint density at radius 2 is 1.89 bits per heavy atom. The van der Waals surface area contributed by atoms with Crippen LogP contribution in [-0.2, 0) is 20.8 Å². The summed E-state index contributed by atoms with van der Waals surface area (Å²) in [5.41, 5.74) is 7.68. The van der Waals surface area contributed by atoms with Gasteiger partial charge in [-0.05, 0) is 85.5 Å². The van der Waals surface area contributed by atoms with E-state index in [1.807, 2.05) is 18.2 Å². The molecule has 1 aliphatic carbocycles. The number of aliphatic carboxylic acids is 2. The van der Waals surface area contributed by atoms with Gasteiger partial charge in [0.2, 0.25) is 5.91 Å². The van der Waals surface area contributed by atoms with Crippen molar-refractivity contribution in [1.29, 1.82) is 0 Å². The number of carboxylic acids is 2. The van der Waals surface area contributed by atoms with Crippen molar-refractivity contribution in [2.45, 2.75) is 44.9 Å². The lowest BCUT2D eigenvalue weighted by atomic mass is 9.95. The molecule has 2 aliphatic rings. The van der Waals surface area contributed by atoms with Gasteiger partial charge in [0.1, 0.15) is 0 Å². The zero-order valence-corrected chi connectivity index (χ0v) is 22.1. The molecule has 0 saturated heterocycles. The molecule has 1 amide bonds. The number of nitrogens with zero attached hydrogens (tertiary/aromatic N) is 1. The Labute approximate surface area is 226 Å². The molecule has 1 atom stereocenters. The Hall–Kier alpha value is -3.62. The van der Waals surface area contributed by atoms with E-state index in [2.05, 4.69) is 45.7 Å². The molecule has 8 nitrogen and oxygen atoms in total. The van der Waals surface area contributed by atoms with Crippen molar-refractivity contribution in [3.05, 3.63) is 70.4 Å². The molecule has 0 fully saturated rings. The van der Waals surface area contributed by atoms with E-state index < -0.39 is 11.9 Å². The molecule has 1 unspecified atom stereocenters. The van der Waals surface area contributed by atoms with E-state index in [0.717, 1.165) is 48.7 Å². The number of aryl methyl sites for hydroxylation is 1. The number of rotatable bonds is 6. The van der Waals surface area contributed by atoms with E-state index in [9.17, 15) is 4.79 Å². The highest BCUT2D eigenvalue weighted by atomic mass is 35.5. The number of anilines is 1. The summed E-state index contributed by atoms with van der Waals surface area (Å²) in [5, 5.41) is 19.7. The van der Waals surface area contributed by atoms with Crippen molar-refractivity contribution in [1.82, 2.24) is 9.88 Å². The number of carboxylic acid groups (broad SMARTS) is 2. The molecule has 0 bridgehead atoms. The molecule has 2 heterocycles. The topological polar surface area (TPSA) is 123 Å². The molecule has 0 radical (unpaired) electrons. The summed E-state index contributed by atoms with van der Waals surface area (Å²) in [6.45, 7) is 4.84. The Morgan fingerprint density at radius 1 is 1.11 bits per heavy atom. The van der Waals surface area contributed by atoms with E-state index in [0.29, 0.717) is 5.92 Å². The van der Waals surface area contributed by atoms with Gasteiger partial charge < -0.3 is 20.5 Å². The first-order valence-electron chi connectivity index (χ1n) is 12.8. The molecule has 2 aromatic carbocycles. The zero-order valence-electron chi connectivity index (χ0n) is 21.3. The molecule has 1 aliphatic heterocycles. The van der Waals surface area contributed by atoms with Crippen LogP contribution in [0.4, 0.5) is 5.69 Å². The van der Waals surface area contributed by atoms with Gasteiger partial charge in [0.25, 0.3) is 0 Å². The highest BCUT2D eigenvalue weighted by molar-refractivity contribution is 6.31. The fraction of sp³-hybridized carbons (Fsp3) is 0.345. The lowest BCUT2D eigenvalue weighted by Gasteiger charge is -2.26. The molecule has 4 N–H and O–H groups in total. The number of nitrogens with one attached hydrogen (secondary N) is 2. The van der Waals surface area contributed by atoms with Crippen molar-refractivity contribution in [3.63, 3.8) is 0 Å². The molecule has 5 rings (SSSR count). The van der Waals surface area contributed by atoms with Gasteiger partial charge >= 0.3 is 11.9 Å². The van der Waals surface area contributed by atoms with Gasteiger partial charge in [-0.15, -0.1) is 0 Å². The van der Waals surface area contributed by atoms with Gasteiger partial charge in [-0.2, -0.15) is 0 Å². The number of benzene rings is 2. The lowest BCUT2D eigenvalue weighted by molar-refractivity contribution is -0.159. The minimum absolute atomic E-state index is 0.00606. The number of aromatic amines is 1. The van der Waals surface area contributed by atoms with E-state index in [4.69, 9.17) is 31.4 Å². The molecular formula is C29H32ClN3O5. The van der Waals surface area contributed by atoms with Crippen LogP contribution in [0.2, 0.25) is 5.02 Å². The van der Waals surface area contributed by atoms with Gasteiger partial charge in [0.15, 0.2) is 0 Å². The number of amides is 1. The number of carbonyl (C=O) groups is 3. The van der Waals surface area contributed by atoms with Crippen LogP contribution < -0.4 is 5.32 Å². The summed E-state index contributed by atoms with van der Waals surface area (Å²) < 4.78 is 0. The zero-order chi connectivity index (χ0) is 27.2. The highest BCUT2D eigenvalue weighted by Crippen LogP contribution is 2.38. The monoisotopic (exact) mass is 537 g/mol. The first kappa shape index (κ1) is 27.4. The van der Waals surface area contributed by atoms with Gasteiger partial charge in [-0.3, -0.25) is 9.69 Å². The average Bonchev–Trinajstić information content (AvgIpc) is 3.48. The molecule has 0 saturated carbocycles. The lowest BCUT2D eigenvalue weighted by Crippen LogP contribution is -2.29. The first-order valence-corrected chi connectivity index (χ1v) is 13.1. The number of aromatic nitrogens is 1. The second kappa shape index (κ2) is 12.3. The third-order valence-corrected chi connectivity index (χ3v) is 7.40. The number of H-pyrrole nitrogens is 1. The fourth-order valence-electron chi connectivity index (χ4n) is 5.35. The summed E-state index contributed by atoms with van der Waals surface area (Å²) in [7, 11) is 0. The van der Waals surface area contributed by atoms with Crippen LogP contribution in [0.15, 0.2) is 48.7 Å². The number of fused-ring (bicyclic) bond motifs is 2. The fourth-order valence-corrected chi connectivity index (χ4v) is 5.53. The SMILES string of the molecule is CC(=O)Nc1ccc2c(c1)C(CCCN1CC=C(c3c[nH]c4cc(Cl)ccc34)CC1)CC2.O=C(O)C(=O)O. The Kier molecular flexibility index (Phi) is 8.86. The van der Waals surface area contributed by atoms with E-state index in [1.165, 1.54) is 46.9 Å². The van der Waals surface area contributed by atoms with Crippen LogP contribution in [0.25, 0.3) is 16.5 Å². The van der Waals surface area contributed by atoms with Crippen LogP contribution in [0.1, 0.15) is 55.2 Å². The maximum Gasteiger partial charge on any atom is 0.414 e. The Bertz CT molecular complexity index is 1370.